The summed E-state index contributed by atoms with van der Waals surface area (Å²) >= 11 is 3.02. The van der Waals surface area contributed by atoms with Crippen molar-refractivity contribution in [2.45, 2.75) is 38.1 Å². The molecule has 8 heteroatoms. The van der Waals surface area contributed by atoms with Crippen molar-refractivity contribution in [3.8, 4) is 5.69 Å². The fraction of sp³-hybridized carbons (Fsp3) is 0.217. The number of carbonyl (C=O) groups is 1. The van der Waals surface area contributed by atoms with Gasteiger partial charge in [-0.25, -0.2) is 4.98 Å². The van der Waals surface area contributed by atoms with Gasteiger partial charge in [-0.3, -0.25) is 9.36 Å². The molecule has 0 saturated carbocycles. The van der Waals surface area contributed by atoms with Gasteiger partial charge in [-0.2, -0.15) is 0 Å². The lowest BCUT2D eigenvalue weighted by atomic mass is 10.1. The number of anilines is 1. The molecule has 0 aliphatic rings. The Morgan fingerprint density at radius 3 is 2.68 bits per heavy atom. The van der Waals surface area contributed by atoms with E-state index in [1.54, 1.807) is 11.8 Å². The largest absolute Gasteiger partial charge is 0.302 e. The number of amides is 1. The minimum absolute atomic E-state index is 0.117. The van der Waals surface area contributed by atoms with E-state index < -0.39 is 0 Å². The Morgan fingerprint density at radius 1 is 1.13 bits per heavy atom. The van der Waals surface area contributed by atoms with E-state index in [1.165, 1.54) is 35.0 Å². The Bertz CT molecular complexity index is 1200. The zero-order valence-electron chi connectivity index (χ0n) is 17.6. The summed E-state index contributed by atoms with van der Waals surface area (Å²) in [5.41, 5.74) is 5.58. The molecule has 31 heavy (non-hydrogen) atoms. The molecule has 0 atom stereocenters. The van der Waals surface area contributed by atoms with Gasteiger partial charge in [0.2, 0.25) is 5.91 Å². The predicted octanol–water partition coefficient (Wildman–Crippen LogP) is 5.18. The van der Waals surface area contributed by atoms with Crippen LogP contribution in [0.1, 0.15) is 35.1 Å². The van der Waals surface area contributed by atoms with Crippen LogP contribution in [0.25, 0.3) is 5.69 Å². The zero-order valence-corrected chi connectivity index (χ0v) is 19.3. The van der Waals surface area contributed by atoms with Crippen LogP contribution in [0.5, 0.6) is 0 Å². The molecular weight excluding hydrogens is 426 g/mol. The monoisotopic (exact) mass is 449 g/mol. The van der Waals surface area contributed by atoms with E-state index in [2.05, 4.69) is 69.2 Å². The Hall–Kier alpha value is -2.97. The summed E-state index contributed by atoms with van der Waals surface area (Å²) in [6.07, 6.45) is 0.700. The normalized spacial score (nSPS) is 10.9. The van der Waals surface area contributed by atoms with Gasteiger partial charge in [0.1, 0.15) is 5.82 Å². The topological polar surface area (TPSA) is 72.7 Å². The first kappa shape index (κ1) is 21.3. The van der Waals surface area contributed by atoms with Crippen molar-refractivity contribution in [1.29, 1.82) is 0 Å². The fourth-order valence-corrected chi connectivity index (χ4v) is 5.02. The molecule has 0 aliphatic carbocycles. The number of hydrogen-bond acceptors (Lipinski definition) is 6. The van der Waals surface area contributed by atoms with Gasteiger partial charge in [-0.15, -0.1) is 21.5 Å². The quantitative estimate of drug-likeness (QED) is 0.394. The summed E-state index contributed by atoms with van der Waals surface area (Å²) in [7, 11) is 0. The van der Waals surface area contributed by atoms with Crippen LogP contribution < -0.4 is 5.32 Å². The van der Waals surface area contributed by atoms with Crippen LogP contribution in [0.15, 0.2) is 59.1 Å². The third-order valence-electron chi connectivity index (χ3n) is 4.68. The number of thioether (sulfide) groups is 1. The predicted molar refractivity (Wildman–Crippen MR) is 126 cm³/mol. The van der Waals surface area contributed by atoms with Crippen molar-refractivity contribution < 1.29 is 4.79 Å². The van der Waals surface area contributed by atoms with E-state index in [-0.39, 0.29) is 5.91 Å². The highest BCUT2D eigenvalue weighted by atomic mass is 32.2. The molecule has 0 spiro atoms. The van der Waals surface area contributed by atoms with Gasteiger partial charge in [0.15, 0.2) is 10.3 Å². The Kier molecular flexibility index (Phi) is 6.48. The lowest BCUT2D eigenvalue weighted by molar-refractivity contribution is -0.114. The van der Waals surface area contributed by atoms with E-state index in [0.717, 1.165) is 22.4 Å². The van der Waals surface area contributed by atoms with Gasteiger partial charge < -0.3 is 5.32 Å². The summed E-state index contributed by atoms with van der Waals surface area (Å²) in [4.78, 5) is 15.7. The summed E-state index contributed by atoms with van der Waals surface area (Å²) in [6.45, 7) is 5.69. The van der Waals surface area contributed by atoms with Crippen molar-refractivity contribution >= 4 is 34.1 Å². The maximum absolute atomic E-state index is 11.2. The molecule has 2 aromatic carbocycles. The summed E-state index contributed by atoms with van der Waals surface area (Å²) in [6, 6.07) is 16.7. The van der Waals surface area contributed by atoms with Crippen LogP contribution in [-0.4, -0.2) is 25.7 Å². The van der Waals surface area contributed by atoms with Gasteiger partial charge in [-0.1, -0.05) is 59.8 Å². The second-order valence-electron chi connectivity index (χ2n) is 7.30. The molecule has 0 radical (unpaired) electrons. The molecule has 0 fully saturated rings. The van der Waals surface area contributed by atoms with E-state index in [4.69, 9.17) is 0 Å². The molecule has 2 heterocycles. The molecule has 158 valence electrons. The highest BCUT2D eigenvalue weighted by molar-refractivity contribution is 7.98. The second-order valence-corrected chi connectivity index (χ2v) is 9.10. The molecule has 6 nitrogen and oxygen atoms in total. The number of hydrogen-bond donors (Lipinski definition) is 1. The van der Waals surface area contributed by atoms with Crippen molar-refractivity contribution in [3.05, 3.63) is 82.1 Å². The van der Waals surface area contributed by atoms with E-state index >= 15 is 0 Å². The van der Waals surface area contributed by atoms with E-state index in [9.17, 15) is 4.79 Å². The van der Waals surface area contributed by atoms with E-state index in [1.807, 2.05) is 23.6 Å². The van der Waals surface area contributed by atoms with Crippen molar-refractivity contribution in [2.24, 2.45) is 0 Å². The highest BCUT2D eigenvalue weighted by Crippen LogP contribution is 2.29. The lowest BCUT2D eigenvalue weighted by Crippen LogP contribution is -2.06. The average Bonchev–Trinajstić information content (AvgIpc) is 3.34. The Balaban J connectivity index is 1.64. The highest BCUT2D eigenvalue weighted by Gasteiger charge is 2.17. The van der Waals surface area contributed by atoms with Crippen LogP contribution in [0, 0.1) is 13.8 Å². The van der Waals surface area contributed by atoms with Crippen molar-refractivity contribution in [2.75, 3.05) is 5.32 Å². The minimum Gasteiger partial charge on any atom is -0.302 e. The molecule has 4 aromatic rings. The summed E-state index contributed by atoms with van der Waals surface area (Å²) in [5, 5.41) is 15.2. The molecule has 4 rings (SSSR count). The van der Waals surface area contributed by atoms with Crippen molar-refractivity contribution in [1.82, 2.24) is 19.7 Å². The Morgan fingerprint density at radius 2 is 1.94 bits per heavy atom. The van der Waals surface area contributed by atoms with Gasteiger partial charge >= 0.3 is 0 Å². The van der Waals surface area contributed by atoms with Crippen LogP contribution in [-0.2, 0) is 17.0 Å². The van der Waals surface area contributed by atoms with E-state index in [0.29, 0.717) is 17.3 Å². The molecule has 2 aromatic heterocycles. The average molecular weight is 450 g/mol. The third kappa shape index (κ3) is 5.21. The number of aromatic nitrogens is 4. The number of benzene rings is 2. The molecule has 1 N–H and O–H groups in total. The minimum atomic E-state index is -0.117. The molecule has 1 amide bonds. The van der Waals surface area contributed by atoms with Gasteiger partial charge in [-0.05, 0) is 31.0 Å². The Labute approximate surface area is 189 Å². The number of rotatable bonds is 7. The fourth-order valence-electron chi connectivity index (χ4n) is 3.30. The van der Waals surface area contributed by atoms with Gasteiger partial charge in [0.25, 0.3) is 0 Å². The van der Waals surface area contributed by atoms with Crippen LogP contribution in [0.4, 0.5) is 5.13 Å². The van der Waals surface area contributed by atoms with Crippen LogP contribution in [0.3, 0.4) is 0 Å². The SMILES string of the molecule is CC(=O)Nc1nc(CSc2nnc(Cc3ccccc3)n2-c2ccc(C)cc2C)cs1. The molecular formula is C23H23N5OS2. The lowest BCUT2D eigenvalue weighted by Gasteiger charge is -2.13. The second kappa shape index (κ2) is 9.45. The van der Waals surface area contributed by atoms with Gasteiger partial charge in [0, 0.05) is 24.5 Å². The number of nitrogens with zero attached hydrogens (tertiary/aromatic N) is 4. The van der Waals surface area contributed by atoms with Gasteiger partial charge in [0.05, 0.1) is 11.4 Å². The number of carbonyl (C=O) groups excluding carboxylic acids is 1. The van der Waals surface area contributed by atoms with Crippen molar-refractivity contribution in [3.63, 3.8) is 0 Å². The summed E-state index contributed by atoms with van der Waals surface area (Å²) < 4.78 is 2.15. The number of aryl methyl sites for hydroxylation is 2. The third-order valence-corrected chi connectivity index (χ3v) is 6.45. The maximum Gasteiger partial charge on any atom is 0.223 e. The first-order valence-corrected chi connectivity index (χ1v) is 11.8. The summed E-state index contributed by atoms with van der Waals surface area (Å²) in [5.74, 6) is 1.43. The molecule has 0 unspecified atom stereocenters. The number of nitrogens with one attached hydrogen (secondary N) is 1. The smallest absolute Gasteiger partial charge is 0.223 e. The zero-order chi connectivity index (χ0) is 21.8. The molecule has 0 aliphatic heterocycles. The van der Waals surface area contributed by atoms with Crippen LogP contribution >= 0.6 is 23.1 Å². The maximum atomic E-state index is 11.2. The molecule has 0 saturated heterocycles. The first-order chi connectivity index (χ1) is 15.0. The number of thiazole rings is 1. The van der Waals surface area contributed by atoms with Crippen LogP contribution in [0.2, 0.25) is 0 Å². The molecule has 0 bridgehead atoms. The first-order valence-electron chi connectivity index (χ1n) is 9.90. The standard InChI is InChI=1S/C23H23N5OS2/c1-15-9-10-20(16(2)11-15)28-21(12-18-7-5-4-6-8-18)26-27-23(28)31-14-19-13-30-22(25-19)24-17(3)29/h4-11,13H,12,14H2,1-3H3,(H,24,25,29).